The Labute approximate surface area is 204 Å². The van der Waals surface area contributed by atoms with Crippen LogP contribution in [0.5, 0.6) is 0 Å². The van der Waals surface area contributed by atoms with Gasteiger partial charge >= 0.3 is 6.18 Å². The van der Waals surface area contributed by atoms with E-state index in [-0.39, 0.29) is 17.0 Å². The third-order valence-electron chi connectivity index (χ3n) is 6.61. The normalized spacial score (nSPS) is 15.6. The first-order valence-corrected chi connectivity index (χ1v) is 11.7. The predicted molar refractivity (Wildman–Crippen MR) is 124 cm³/mol. The van der Waals surface area contributed by atoms with E-state index < -0.39 is 18.1 Å². The number of alkyl halides is 3. The number of nitrogens with zero attached hydrogens (tertiary/aromatic N) is 5. The summed E-state index contributed by atoms with van der Waals surface area (Å²) in [6.45, 7) is 0. The fraction of sp³-hybridized carbons (Fsp3) is 0.269. The standard InChI is InChI=1S/C26H21F3N6O/c27-26(28,29)23(18-5-3-11-30-12-18)34-24(36)20-14-32-35(22(20)16-8-9-16)25-31-13-17-10-7-15-4-1-2-6-19(15)21(17)33-25/h1-6,11-14,16,23H,7-10H2,(H,34,36)/t23-/m0/s1. The molecule has 0 unspecified atom stereocenters. The van der Waals surface area contributed by atoms with Crippen LogP contribution in [-0.4, -0.2) is 36.8 Å². The number of halogens is 3. The largest absolute Gasteiger partial charge is 0.412 e. The van der Waals surface area contributed by atoms with Crippen LogP contribution in [0.15, 0.2) is 61.2 Å². The summed E-state index contributed by atoms with van der Waals surface area (Å²) in [7, 11) is 0. The number of carbonyl (C=O) groups excluding carboxylic acids is 1. The SMILES string of the molecule is O=C(N[C@@H](c1cccnc1)C(F)(F)F)c1cnn(-c2ncc3c(n2)-c2ccccc2CC3)c1C1CC1. The molecule has 4 aromatic rings. The molecule has 3 aromatic heterocycles. The Kier molecular flexibility index (Phi) is 5.31. The molecule has 3 heterocycles. The summed E-state index contributed by atoms with van der Waals surface area (Å²) in [4.78, 5) is 26.2. The zero-order chi connectivity index (χ0) is 24.9. The Morgan fingerprint density at radius 2 is 1.83 bits per heavy atom. The number of aryl methyl sites for hydroxylation is 2. The Hall–Kier alpha value is -4.08. The number of carbonyl (C=O) groups is 1. The molecule has 2 aliphatic carbocycles. The molecule has 36 heavy (non-hydrogen) atoms. The third kappa shape index (κ3) is 4.02. The molecular formula is C26H21F3N6O. The molecule has 1 atom stereocenters. The summed E-state index contributed by atoms with van der Waals surface area (Å²) in [5.41, 5.74) is 4.56. The second kappa shape index (κ2) is 8.54. The van der Waals surface area contributed by atoms with Crippen molar-refractivity contribution < 1.29 is 18.0 Å². The van der Waals surface area contributed by atoms with E-state index in [1.807, 2.05) is 18.2 Å². The number of pyridine rings is 1. The van der Waals surface area contributed by atoms with Gasteiger partial charge in [0.15, 0.2) is 6.04 Å². The highest BCUT2D eigenvalue weighted by molar-refractivity contribution is 5.96. The van der Waals surface area contributed by atoms with Crippen LogP contribution in [0.25, 0.3) is 17.2 Å². The molecule has 0 saturated heterocycles. The molecule has 1 fully saturated rings. The van der Waals surface area contributed by atoms with Crippen molar-refractivity contribution in [2.75, 3.05) is 0 Å². The molecular weight excluding hydrogens is 469 g/mol. The molecule has 1 amide bonds. The lowest BCUT2D eigenvalue weighted by Gasteiger charge is -2.22. The fourth-order valence-electron chi connectivity index (χ4n) is 4.71. The summed E-state index contributed by atoms with van der Waals surface area (Å²) < 4.78 is 43.0. The molecule has 1 aromatic carbocycles. The number of hydrogen-bond acceptors (Lipinski definition) is 5. The molecule has 0 aliphatic heterocycles. The average Bonchev–Trinajstić information content (AvgIpc) is 3.64. The van der Waals surface area contributed by atoms with Crippen LogP contribution in [0.4, 0.5) is 13.2 Å². The van der Waals surface area contributed by atoms with E-state index in [1.54, 1.807) is 6.20 Å². The molecule has 1 saturated carbocycles. The van der Waals surface area contributed by atoms with Crippen molar-refractivity contribution in [2.45, 2.75) is 43.8 Å². The molecule has 0 bridgehead atoms. The van der Waals surface area contributed by atoms with Gasteiger partial charge in [-0.3, -0.25) is 9.78 Å². The van der Waals surface area contributed by atoms with E-state index >= 15 is 0 Å². The lowest BCUT2D eigenvalue weighted by atomic mass is 9.90. The number of benzene rings is 1. The molecule has 0 spiro atoms. The minimum atomic E-state index is -4.69. The molecule has 0 radical (unpaired) electrons. The van der Waals surface area contributed by atoms with Crippen LogP contribution in [0.1, 0.15) is 57.5 Å². The molecule has 182 valence electrons. The second-order valence-electron chi connectivity index (χ2n) is 9.07. The molecule has 10 heteroatoms. The van der Waals surface area contributed by atoms with E-state index in [1.165, 1.54) is 34.8 Å². The third-order valence-corrected chi connectivity index (χ3v) is 6.61. The Morgan fingerprint density at radius 3 is 2.58 bits per heavy atom. The van der Waals surface area contributed by atoms with Gasteiger partial charge in [0, 0.05) is 35.6 Å². The number of aromatic nitrogens is 5. The second-order valence-corrected chi connectivity index (χ2v) is 9.07. The number of hydrogen-bond donors (Lipinski definition) is 1. The van der Waals surface area contributed by atoms with Crippen LogP contribution >= 0.6 is 0 Å². The highest BCUT2D eigenvalue weighted by Gasteiger charge is 2.43. The van der Waals surface area contributed by atoms with Crippen molar-refractivity contribution in [3.63, 3.8) is 0 Å². The quantitative estimate of drug-likeness (QED) is 0.437. The molecule has 1 N–H and O–H groups in total. The minimum absolute atomic E-state index is 0.00268. The summed E-state index contributed by atoms with van der Waals surface area (Å²) in [5, 5.41) is 6.50. The van der Waals surface area contributed by atoms with Crippen LogP contribution in [0, 0.1) is 0 Å². The number of amides is 1. The van der Waals surface area contributed by atoms with Crippen molar-refractivity contribution in [1.29, 1.82) is 0 Å². The number of rotatable bonds is 5. The van der Waals surface area contributed by atoms with Gasteiger partial charge in [-0.25, -0.2) is 14.6 Å². The lowest BCUT2D eigenvalue weighted by molar-refractivity contribution is -0.155. The van der Waals surface area contributed by atoms with Crippen molar-refractivity contribution in [3.8, 4) is 17.2 Å². The van der Waals surface area contributed by atoms with Gasteiger partial charge in [0.1, 0.15) is 0 Å². The first-order valence-electron chi connectivity index (χ1n) is 11.7. The van der Waals surface area contributed by atoms with Gasteiger partial charge < -0.3 is 5.32 Å². The van der Waals surface area contributed by atoms with Crippen LogP contribution < -0.4 is 5.32 Å². The van der Waals surface area contributed by atoms with Crippen LogP contribution in [0.2, 0.25) is 0 Å². The maximum Gasteiger partial charge on any atom is 0.412 e. The smallest absolute Gasteiger partial charge is 0.337 e. The van der Waals surface area contributed by atoms with Gasteiger partial charge in [0.2, 0.25) is 0 Å². The van der Waals surface area contributed by atoms with E-state index in [2.05, 4.69) is 26.4 Å². The van der Waals surface area contributed by atoms with Crippen LogP contribution in [-0.2, 0) is 12.8 Å². The summed E-state index contributed by atoms with van der Waals surface area (Å²) in [6, 6.07) is 8.55. The van der Waals surface area contributed by atoms with Gasteiger partial charge in [-0.15, -0.1) is 0 Å². The zero-order valence-corrected chi connectivity index (χ0v) is 19.0. The van der Waals surface area contributed by atoms with Gasteiger partial charge in [-0.1, -0.05) is 30.3 Å². The highest BCUT2D eigenvalue weighted by atomic mass is 19.4. The van der Waals surface area contributed by atoms with E-state index in [9.17, 15) is 18.0 Å². The van der Waals surface area contributed by atoms with Gasteiger partial charge in [0.25, 0.3) is 11.9 Å². The predicted octanol–water partition coefficient (Wildman–Crippen LogP) is 4.73. The maximum absolute atomic E-state index is 13.8. The van der Waals surface area contributed by atoms with Crippen molar-refractivity contribution in [1.82, 2.24) is 30.0 Å². The molecule has 7 nitrogen and oxygen atoms in total. The summed E-state index contributed by atoms with van der Waals surface area (Å²) in [5.74, 6) is -0.549. The van der Waals surface area contributed by atoms with Crippen LogP contribution in [0.3, 0.4) is 0 Å². The molecule has 6 rings (SSSR count). The Morgan fingerprint density at radius 1 is 1.03 bits per heavy atom. The van der Waals surface area contributed by atoms with Gasteiger partial charge in [-0.05, 0) is 42.9 Å². The van der Waals surface area contributed by atoms with Gasteiger partial charge in [-0.2, -0.15) is 18.3 Å². The average molecular weight is 490 g/mol. The van der Waals surface area contributed by atoms with E-state index in [0.717, 1.165) is 48.7 Å². The lowest BCUT2D eigenvalue weighted by Crippen LogP contribution is -2.38. The summed E-state index contributed by atoms with van der Waals surface area (Å²) in [6.07, 6.45) is 4.21. The van der Waals surface area contributed by atoms with Crippen molar-refractivity contribution in [2.24, 2.45) is 0 Å². The first kappa shape index (κ1) is 22.4. The topological polar surface area (TPSA) is 85.6 Å². The van der Waals surface area contributed by atoms with E-state index in [0.29, 0.717) is 11.6 Å². The van der Waals surface area contributed by atoms with Gasteiger partial charge in [0.05, 0.1) is 23.1 Å². The fourth-order valence-corrected chi connectivity index (χ4v) is 4.71. The summed E-state index contributed by atoms with van der Waals surface area (Å²) >= 11 is 0. The number of nitrogens with one attached hydrogen (secondary N) is 1. The van der Waals surface area contributed by atoms with Crippen molar-refractivity contribution >= 4 is 5.91 Å². The Balaban J connectivity index is 1.37. The first-order chi connectivity index (χ1) is 17.4. The monoisotopic (exact) mass is 490 g/mol. The Bertz CT molecular complexity index is 1450. The number of fused-ring (bicyclic) bond motifs is 3. The van der Waals surface area contributed by atoms with Crippen molar-refractivity contribution in [3.05, 3.63) is 89.1 Å². The minimum Gasteiger partial charge on any atom is -0.337 e. The highest BCUT2D eigenvalue weighted by Crippen LogP contribution is 2.43. The zero-order valence-electron chi connectivity index (χ0n) is 19.0. The van der Waals surface area contributed by atoms with E-state index in [4.69, 9.17) is 4.98 Å². The maximum atomic E-state index is 13.8. The molecule has 2 aliphatic rings.